The fraction of sp³-hybridized carbons (Fsp3) is 0.296. The maximum atomic E-state index is 12.0. The van der Waals surface area contributed by atoms with Crippen LogP contribution in [0.25, 0.3) is 11.1 Å². The number of carbonyl (C=O) groups excluding carboxylic acids is 1. The van der Waals surface area contributed by atoms with Crippen molar-refractivity contribution in [3.8, 4) is 22.6 Å². The molecule has 0 bridgehead atoms. The monoisotopic (exact) mass is 558 g/mol. The molecule has 1 unspecified atom stereocenters. The van der Waals surface area contributed by atoms with Gasteiger partial charge in [-0.3, -0.25) is 4.79 Å². The topological polar surface area (TPSA) is 93.8 Å². The summed E-state index contributed by atoms with van der Waals surface area (Å²) in [5.41, 5.74) is 9.49. The van der Waals surface area contributed by atoms with Crippen molar-refractivity contribution < 1.29 is 19.4 Å². The van der Waals surface area contributed by atoms with E-state index in [1.54, 1.807) is 12.1 Å². The lowest BCUT2D eigenvalue weighted by Crippen LogP contribution is -2.42. The molecule has 6 nitrogen and oxygen atoms in total. The Morgan fingerprint density at radius 3 is 2.57 bits per heavy atom. The van der Waals surface area contributed by atoms with Gasteiger partial charge in [0.2, 0.25) is 5.91 Å². The van der Waals surface area contributed by atoms with Crippen LogP contribution in [-0.2, 0) is 17.9 Å². The molecule has 4 rings (SSSR count). The van der Waals surface area contributed by atoms with Gasteiger partial charge in [0.1, 0.15) is 24.1 Å². The van der Waals surface area contributed by atoms with Gasteiger partial charge in [-0.2, -0.15) is 0 Å². The number of ether oxygens (including phenoxy) is 2. The van der Waals surface area contributed by atoms with Gasteiger partial charge in [-0.1, -0.05) is 60.1 Å². The van der Waals surface area contributed by atoms with E-state index in [0.717, 1.165) is 34.0 Å². The molecule has 0 aromatic heterocycles. The molecule has 1 amide bonds. The summed E-state index contributed by atoms with van der Waals surface area (Å²) in [5, 5.41) is 12.2. The molecule has 0 saturated heterocycles. The Kier molecular flexibility index (Phi) is 8.68. The van der Waals surface area contributed by atoms with Gasteiger partial charge in [-0.05, 0) is 51.9 Å². The number of nitrogens with one attached hydrogen (secondary N) is 1. The van der Waals surface area contributed by atoms with Gasteiger partial charge in [-0.25, -0.2) is 0 Å². The highest BCUT2D eigenvalue weighted by Crippen LogP contribution is 2.37. The number of rotatable bonds is 11. The minimum absolute atomic E-state index is 0.178. The van der Waals surface area contributed by atoms with Crippen molar-refractivity contribution in [2.24, 2.45) is 11.7 Å². The summed E-state index contributed by atoms with van der Waals surface area (Å²) >= 11 is 10.3. The second-order valence-electron chi connectivity index (χ2n) is 8.58. The van der Waals surface area contributed by atoms with Crippen LogP contribution in [0.5, 0.6) is 11.5 Å². The number of amides is 1. The first kappa shape index (κ1) is 25.5. The SMILES string of the molecule is NC(CO)C(=O)NCc1cc(Cl)c(OCc2cccc(-c3ccccc3)c2Br)cc1OCC1CC1. The Morgan fingerprint density at radius 2 is 1.86 bits per heavy atom. The third-order valence-electron chi connectivity index (χ3n) is 5.82. The first-order valence-electron chi connectivity index (χ1n) is 11.5. The van der Waals surface area contributed by atoms with E-state index >= 15 is 0 Å². The molecule has 0 aliphatic heterocycles. The number of hydrogen-bond acceptors (Lipinski definition) is 5. The van der Waals surface area contributed by atoms with Gasteiger partial charge in [-0.15, -0.1) is 0 Å². The third kappa shape index (κ3) is 6.76. The second kappa shape index (κ2) is 11.9. The zero-order valence-corrected chi connectivity index (χ0v) is 21.5. The van der Waals surface area contributed by atoms with E-state index in [1.807, 2.05) is 30.3 Å². The highest BCUT2D eigenvalue weighted by atomic mass is 79.9. The van der Waals surface area contributed by atoms with Crippen LogP contribution < -0.4 is 20.5 Å². The van der Waals surface area contributed by atoms with Crippen LogP contribution in [0, 0.1) is 5.92 Å². The Morgan fingerprint density at radius 1 is 1.09 bits per heavy atom. The van der Waals surface area contributed by atoms with Crippen LogP contribution in [0.2, 0.25) is 5.02 Å². The molecule has 0 spiro atoms. The average molecular weight is 560 g/mol. The number of aliphatic hydroxyl groups excluding tert-OH is 1. The average Bonchev–Trinajstić information content (AvgIpc) is 3.71. The lowest BCUT2D eigenvalue weighted by molar-refractivity contribution is -0.123. The van der Waals surface area contributed by atoms with Crippen LogP contribution in [0.4, 0.5) is 0 Å². The lowest BCUT2D eigenvalue weighted by Gasteiger charge is -2.17. The molecule has 0 heterocycles. The molecule has 8 heteroatoms. The molecule has 35 heavy (non-hydrogen) atoms. The van der Waals surface area contributed by atoms with Crippen molar-refractivity contribution in [2.75, 3.05) is 13.2 Å². The number of carbonyl (C=O) groups is 1. The smallest absolute Gasteiger partial charge is 0.239 e. The van der Waals surface area contributed by atoms with E-state index in [4.69, 9.17) is 31.9 Å². The first-order valence-corrected chi connectivity index (χ1v) is 12.7. The van der Waals surface area contributed by atoms with Gasteiger partial charge < -0.3 is 25.6 Å². The maximum Gasteiger partial charge on any atom is 0.239 e. The fourth-order valence-corrected chi connectivity index (χ4v) is 4.38. The molecular weight excluding hydrogens is 532 g/mol. The summed E-state index contributed by atoms with van der Waals surface area (Å²) in [5.74, 6) is 1.21. The fourth-order valence-electron chi connectivity index (χ4n) is 3.53. The van der Waals surface area contributed by atoms with E-state index in [0.29, 0.717) is 41.2 Å². The van der Waals surface area contributed by atoms with Gasteiger partial charge >= 0.3 is 0 Å². The quantitative estimate of drug-likeness (QED) is 0.305. The number of nitrogens with two attached hydrogens (primary N) is 1. The van der Waals surface area contributed by atoms with E-state index in [-0.39, 0.29) is 6.54 Å². The molecule has 1 saturated carbocycles. The highest BCUT2D eigenvalue weighted by Gasteiger charge is 2.23. The zero-order chi connectivity index (χ0) is 24.8. The first-order chi connectivity index (χ1) is 17.0. The molecule has 0 radical (unpaired) electrons. The van der Waals surface area contributed by atoms with Crippen LogP contribution in [0.3, 0.4) is 0 Å². The molecule has 3 aromatic rings. The molecule has 4 N–H and O–H groups in total. The summed E-state index contributed by atoms with van der Waals surface area (Å²) in [6.07, 6.45) is 2.31. The Bertz CT molecular complexity index is 1170. The van der Waals surface area contributed by atoms with Crippen LogP contribution in [0.15, 0.2) is 65.1 Å². The summed E-state index contributed by atoms with van der Waals surface area (Å²) in [6, 6.07) is 18.7. The Balaban J connectivity index is 1.51. The summed E-state index contributed by atoms with van der Waals surface area (Å²) in [7, 11) is 0. The van der Waals surface area contributed by atoms with Gasteiger partial charge in [0.15, 0.2) is 0 Å². The molecular formula is C27H28BrClN2O4. The minimum Gasteiger partial charge on any atom is -0.493 e. The van der Waals surface area contributed by atoms with E-state index in [9.17, 15) is 4.79 Å². The van der Waals surface area contributed by atoms with E-state index in [2.05, 4.69) is 39.4 Å². The third-order valence-corrected chi connectivity index (χ3v) is 7.05. The second-order valence-corrected chi connectivity index (χ2v) is 9.79. The van der Waals surface area contributed by atoms with Crippen LogP contribution >= 0.6 is 27.5 Å². The highest BCUT2D eigenvalue weighted by molar-refractivity contribution is 9.10. The predicted octanol–water partition coefficient (Wildman–Crippen LogP) is 5.07. The standard InChI is InChI=1S/C27H28BrClN2O4/c28-26-19(7-4-8-21(26)18-5-2-1-3-6-18)16-35-25-12-24(34-15-17-9-10-17)20(11-22(25)29)13-31-27(33)23(30)14-32/h1-8,11-12,17,23,32H,9-10,13-16,30H2,(H,31,33). The lowest BCUT2D eigenvalue weighted by atomic mass is 10.0. The summed E-state index contributed by atoms with van der Waals surface area (Å²) in [4.78, 5) is 12.0. The molecule has 3 aromatic carbocycles. The Hall–Kier alpha value is -2.58. The van der Waals surface area contributed by atoms with Crippen molar-refractivity contribution in [3.05, 3.63) is 81.3 Å². The largest absolute Gasteiger partial charge is 0.493 e. The van der Waals surface area contributed by atoms with Crippen molar-refractivity contribution in [3.63, 3.8) is 0 Å². The number of hydrogen-bond donors (Lipinski definition) is 3. The number of benzene rings is 3. The van der Waals surface area contributed by atoms with E-state index in [1.165, 1.54) is 0 Å². The summed E-state index contributed by atoms with van der Waals surface area (Å²) in [6.45, 7) is 0.663. The predicted molar refractivity (Wildman–Crippen MR) is 140 cm³/mol. The van der Waals surface area contributed by atoms with Crippen molar-refractivity contribution in [1.82, 2.24) is 5.32 Å². The molecule has 1 aliphatic carbocycles. The van der Waals surface area contributed by atoms with Crippen LogP contribution in [0.1, 0.15) is 24.0 Å². The van der Waals surface area contributed by atoms with Crippen LogP contribution in [-0.4, -0.2) is 30.3 Å². The zero-order valence-electron chi connectivity index (χ0n) is 19.2. The van der Waals surface area contributed by atoms with Crippen molar-refractivity contribution in [1.29, 1.82) is 0 Å². The number of halogens is 2. The number of aliphatic hydroxyl groups is 1. The minimum atomic E-state index is -0.978. The Labute approximate surface area is 218 Å². The molecule has 1 aliphatic rings. The van der Waals surface area contributed by atoms with E-state index < -0.39 is 18.6 Å². The molecule has 184 valence electrons. The van der Waals surface area contributed by atoms with Gasteiger partial charge in [0, 0.05) is 28.2 Å². The maximum absolute atomic E-state index is 12.0. The van der Waals surface area contributed by atoms with Crippen molar-refractivity contribution in [2.45, 2.75) is 32.0 Å². The molecule has 1 fully saturated rings. The van der Waals surface area contributed by atoms with Crippen molar-refractivity contribution >= 4 is 33.4 Å². The van der Waals surface area contributed by atoms with Gasteiger partial charge in [0.25, 0.3) is 0 Å². The molecule has 1 atom stereocenters. The van der Waals surface area contributed by atoms with Gasteiger partial charge in [0.05, 0.1) is 18.2 Å². The summed E-state index contributed by atoms with van der Waals surface area (Å²) < 4.78 is 13.1. The normalized spacial score (nSPS) is 13.8.